The van der Waals surface area contributed by atoms with E-state index in [1.165, 1.54) is 4.31 Å². The summed E-state index contributed by atoms with van der Waals surface area (Å²) in [7, 11) is -3.74. The van der Waals surface area contributed by atoms with E-state index < -0.39 is 10.0 Å². The van der Waals surface area contributed by atoms with Gasteiger partial charge in [-0.05, 0) is 18.6 Å². The van der Waals surface area contributed by atoms with Crippen LogP contribution in [0, 0.1) is 5.92 Å². The number of nitrogens with zero attached hydrogens (tertiary/aromatic N) is 6. The van der Waals surface area contributed by atoms with Crippen molar-refractivity contribution >= 4 is 32.5 Å². The van der Waals surface area contributed by atoms with Crippen molar-refractivity contribution in [2.75, 3.05) is 44.2 Å². The summed E-state index contributed by atoms with van der Waals surface area (Å²) in [6, 6.07) is 10.1. The van der Waals surface area contributed by atoms with Crippen LogP contribution in [0.4, 0.5) is 5.69 Å². The topological polar surface area (TPSA) is 115 Å². The van der Waals surface area contributed by atoms with Gasteiger partial charge in [-0.2, -0.15) is 9.40 Å². The maximum Gasteiger partial charge on any atom is 0.278 e. The van der Waals surface area contributed by atoms with Crippen molar-refractivity contribution in [1.82, 2.24) is 29.4 Å². The Labute approximate surface area is 179 Å². The Balaban J connectivity index is 1.23. The number of aromatic amines is 1. The highest BCUT2D eigenvalue weighted by Gasteiger charge is 2.39. The number of piperazine rings is 1. The van der Waals surface area contributed by atoms with Gasteiger partial charge < -0.3 is 9.80 Å². The SMILES string of the molecule is O=C(C1CCN(S(=O)(=O)c2ncn[nH]2)C1)N1CCN(c2ccnc3ccccc23)CC1. The van der Waals surface area contributed by atoms with Gasteiger partial charge in [-0.25, -0.2) is 18.5 Å². The number of rotatable bonds is 4. The van der Waals surface area contributed by atoms with Crippen LogP contribution in [0.15, 0.2) is 48.0 Å². The number of H-pyrrole nitrogens is 1. The van der Waals surface area contributed by atoms with Crippen LogP contribution >= 0.6 is 0 Å². The second-order valence-electron chi connectivity index (χ2n) is 7.80. The lowest BCUT2D eigenvalue weighted by molar-refractivity contribution is -0.135. The number of para-hydroxylation sites is 1. The number of hydrogen-bond acceptors (Lipinski definition) is 7. The van der Waals surface area contributed by atoms with Crippen molar-refractivity contribution in [2.24, 2.45) is 5.92 Å². The number of carbonyl (C=O) groups excluding carboxylic acids is 1. The van der Waals surface area contributed by atoms with Crippen molar-refractivity contribution in [3.05, 3.63) is 42.9 Å². The third-order valence-electron chi connectivity index (χ3n) is 6.04. The normalized spacial score (nSPS) is 20.5. The molecule has 4 heterocycles. The van der Waals surface area contributed by atoms with E-state index in [1.54, 1.807) is 0 Å². The minimum atomic E-state index is -3.74. The number of fused-ring (bicyclic) bond motifs is 1. The number of hydrogen-bond donors (Lipinski definition) is 1. The van der Waals surface area contributed by atoms with Crippen LogP contribution in [0.5, 0.6) is 0 Å². The fraction of sp³-hybridized carbons (Fsp3) is 0.400. The molecule has 2 aliphatic rings. The molecule has 0 aliphatic carbocycles. The van der Waals surface area contributed by atoms with Gasteiger partial charge in [-0.3, -0.25) is 9.78 Å². The zero-order valence-electron chi connectivity index (χ0n) is 16.9. The summed E-state index contributed by atoms with van der Waals surface area (Å²) in [5.41, 5.74) is 2.08. The van der Waals surface area contributed by atoms with Gasteiger partial charge in [0.25, 0.3) is 15.2 Å². The molecule has 0 radical (unpaired) electrons. The van der Waals surface area contributed by atoms with Gasteiger partial charge in [-0.15, -0.1) is 0 Å². The largest absolute Gasteiger partial charge is 0.367 e. The number of anilines is 1. The summed E-state index contributed by atoms with van der Waals surface area (Å²) in [6.07, 6.45) is 3.50. The molecule has 0 spiro atoms. The molecule has 5 rings (SSSR count). The Kier molecular flexibility index (Phi) is 5.06. The molecule has 162 valence electrons. The van der Waals surface area contributed by atoms with Crippen LogP contribution in [-0.4, -0.2) is 83.0 Å². The number of pyridine rings is 1. The number of sulfonamides is 1. The van der Waals surface area contributed by atoms with E-state index in [0.29, 0.717) is 26.1 Å². The smallest absolute Gasteiger partial charge is 0.278 e. The van der Waals surface area contributed by atoms with Crippen molar-refractivity contribution in [3.63, 3.8) is 0 Å². The van der Waals surface area contributed by atoms with Gasteiger partial charge in [0.05, 0.1) is 11.4 Å². The maximum atomic E-state index is 13.1. The molecule has 3 aromatic rings. The third kappa shape index (κ3) is 3.63. The molecule has 11 heteroatoms. The molecule has 1 aromatic carbocycles. The first-order chi connectivity index (χ1) is 15.0. The molecular weight excluding hydrogens is 418 g/mol. The maximum absolute atomic E-state index is 13.1. The number of aromatic nitrogens is 4. The molecule has 2 fully saturated rings. The summed E-state index contributed by atoms with van der Waals surface area (Å²) < 4.78 is 26.5. The lowest BCUT2D eigenvalue weighted by Crippen LogP contribution is -2.50. The molecule has 2 saturated heterocycles. The average molecular weight is 442 g/mol. The molecule has 1 atom stereocenters. The number of benzene rings is 1. The van der Waals surface area contributed by atoms with Gasteiger partial charge in [-0.1, -0.05) is 18.2 Å². The van der Waals surface area contributed by atoms with E-state index in [9.17, 15) is 13.2 Å². The third-order valence-corrected chi connectivity index (χ3v) is 7.73. The highest BCUT2D eigenvalue weighted by atomic mass is 32.2. The first-order valence-electron chi connectivity index (χ1n) is 10.3. The summed E-state index contributed by atoms with van der Waals surface area (Å²) in [5.74, 6) is -0.305. The van der Waals surface area contributed by atoms with Gasteiger partial charge in [0.2, 0.25) is 5.91 Å². The molecule has 1 unspecified atom stereocenters. The molecule has 1 amide bonds. The van der Waals surface area contributed by atoms with Crippen LogP contribution < -0.4 is 4.90 Å². The number of nitrogens with one attached hydrogen (secondary N) is 1. The van der Waals surface area contributed by atoms with E-state index in [-0.39, 0.29) is 23.5 Å². The Hall–Kier alpha value is -3.05. The van der Waals surface area contributed by atoms with Gasteiger partial charge >= 0.3 is 0 Å². The van der Waals surface area contributed by atoms with Crippen LogP contribution in [0.1, 0.15) is 6.42 Å². The van der Waals surface area contributed by atoms with Gasteiger partial charge in [0.1, 0.15) is 6.33 Å². The van der Waals surface area contributed by atoms with Crippen molar-refractivity contribution in [2.45, 2.75) is 11.6 Å². The van der Waals surface area contributed by atoms with E-state index >= 15 is 0 Å². The lowest BCUT2D eigenvalue weighted by atomic mass is 10.1. The fourth-order valence-electron chi connectivity index (χ4n) is 4.37. The molecule has 10 nitrogen and oxygen atoms in total. The zero-order valence-corrected chi connectivity index (χ0v) is 17.7. The molecule has 0 bridgehead atoms. The van der Waals surface area contributed by atoms with Crippen LogP contribution in [0.3, 0.4) is 0 Å². The van der Waals surface area contributed by atoms with Crippen molar-refractivity contribution in [3.8, 4) is 0 Å². The first-order valence-corrected chi connectivity index (χ1v) is 11.7. The first kappa shape index (κ1) is 19.9. The van der Waals surface area contributed by atoms with E-state index in [4.69, 9.17) is 0 Å². The highest BCUT2D eigenvalue weighted by molar-refractivity contribution is 7.89. The molecule has 0 saturated carbocycles. The summed E-state index contributed by atoms with van der Waals surface area (Å²) in [5, 5.41) is 6.94. The predicted molar refractivity (Wildman–Crippen MR) is 114 cm³/mol. The van der Waals surface area contributed by atoms with Crippen LogP contribution in [0.25, 0.3) is 10.9 Å². The van der Waals surface area contributed by atoms with Crippen LogP contribution in [0.2, 0.25) is 0 Å². The highest BCUT2D eigenvalue weighted by Crippen LogP contribution is 2.28. The minimum absolute atomic E-state index is 0.0227. The molecule has 31 heavy (non-hydrogen) atoms. The molecule has 1 N–H and O–H groups in total. The van der Waals surface area contributed by atoms with E-state index in [2.05, 4.69) is 31.1 Å². The standard InChI is InChI=1S/C20H23N7O3S/c28-19(15-6-8-27(13-15)31(29,30)20-22-14-23-24-20)26-11-9-25(10-12-26)18-5-7-21-17-4-2-1-3-16(17)18/h1-5,7,14-15H,6,8-13H2,(H,22,23,24). The van der Waals surface area contributed by atoms with Crippen molar-refractivity contribution < 1.29 is 13.2 Å². The Morgan fingerprint density at radius 1 is 1.03 bits per heavy atom. The Morgan fingerprint density at radius 3 is 2.61 bits per heavy atom. The van der Waals surface area contributed by atoms with Gasteiger partial charge in [0.15, 0.2) is 0 Å². The molecule has 2 aliphatic heterocycles. The Bertz CT molecular complexity index is 1190. The molecule has 2 aromatic heterocycles. The second-order valence-corrected chi connectivity index (χ2v) is 9.65. The van der Waals surface area contributed by atoms with Crippen molar-refractivity contribution in [1.29, 1.82) is 0 Å². The summed E-state index contributed by atoms with van der Waals surface area (Å²) in [4.78, 5) is 25.4. The van der Waals surface area contributed by atoms with Crippen LogP contribution in [-0.2, 0) is 14.8 Å². The monoisotopic (exact) mass is 441 g/mol. The number of amides is 1. The van der Waals surface area contributed by atoms with Gasteiger partial charge in [0, 0.05) is 56.5 Å². The molecular formula is C20H23N7O3S. The predicted octanol–water partition coefficient (Wildman–Crippen LogP) is 0.712. The summed E-state index contributed by atoms with van der Waals surface area (Å²) >= 11 is 0. The second kappa shape index (κ2) is 7.89. The quantitative estimate of drug-likeness (QED) is 0.634. The Morgan fingerprint density at radius 2 is 1.84 bits per heavy atom. The zero-order chi connectivity index (χ0) is 21.4. The lowest BCUT2D eigenvalue weighted by Gasteiger charge is -2.37. The van der Waals surface area contributed by atoms with E-state index in [1.807, 2.05) is 35.4 Å². The summed E-state index contributed by atoms with van der Waals surface area (Å²) in [6.45, 7) is 3.17. The number of carbonyl (C=O) groups is 1. The van der Waals surface area contributed by atoms with E-state index in [0.717, 1.165) is 36.0 Å². The average Bonchev–Trinajstić information content (AvgIpc) is 3.52. The minimum Gasteiger partial charge on any atom is -0.367 e. The fourth-order valence-corrected chi connectivity index (χ4v) is 5.69.